The number of para-hydroxylation sites is 1. The van der Waals surface area contributed by atoms with Crippen LogP contribution in [0.25, 0.3) is 11.0 Å². The Morgan fingerprint density at radius 3 is 2.60 bits per heavy atom. The van der Waals surface area contributed by atoms with E-state index in [9.17, 15) is 4.57 Å². The van der Waals surface area contributed by atoms with Gasteiger partial charge in [0, 0.05) is 19.0 Å². The van der Waals surface area contributed by atoms with E-state index in [2.05, 4.69) is 10.3 Å². The average molecular weight is 447 g/mol. The fourth-order valence-electron chi connectivity index (χ4n) is 3.23. The first-order valence-corrected chi connectivity index (χ1v) is 11.6. The number of benzene rings is 2. The highest BCUT2D eigenvalue weighted by Gasteiger charge is 2.27. The number of thiocarbonyl (C=S) groups is 1. The molecule has 0 saturated carbocycles. The molecule has 160 valence electrons. The maximum absolute atomic E-state index is 13.1. The molecule has 0 bridgehead atoms. The lowest BCUT2D eigenvalue weighted by Gasteiger charge is -2.19. The smallest absolute Gasteiger partial charge is 0.361 e. The number of ether oxygens (including phenoxy) is 1. The average Bonchev–Trinajstić information content (AvgIpc) is 3.10. The van der Waals surface area contributed by atoms with Crippen molar-refractivity contribution in [2.75, 3.05) is 25.6 Å². The van der Waals surface area contributed by atoms with Crippen LogP contribution in [0.3, 0.4) is 0 Å². The molecule has 0 fully saturated rings. The van der Waals surface area contributed by atoms with Crippen molar-refractivity contribution >= 4 is 46.8 Å². The third-order valence-corrected chi connectivity index (χ3v) is 6.91. The van der Waals surface area contributed by atoms with Gasteiger partial charge in [0.05, 0.1) is 48.1 Å². The monoisotopic (exact) mass is 447 g/mol. The van der Waals surface area contributed by atoms with Crippen molar-refractivity contribution in [2.45, 2.75) is 20.3 Å². The summed E-state index contributed by atoms with van der Waals surface area (Å²) in [6, 6.07) is 11.1. The van der Waals surface area contributed by atoms with E-state index in [1.165, 1.54) is 0 Å². The highest BCUT2D eigenvalue weighted by molar-refractivity contribution is 7.80. The van der Waals surface area contributed by atoms with Gasteiger partial charge >= 0.3 is 7.60 Å². The second-order valence-corrected chi connectivity index (χ2v) is 9.10. The number of methoxy groups -OCH3 is 1. The molecule has 7 nitrogen and oxygen atoms in total. The van der Waals surface area contributed by atoms with Crippen LogP contribution >= 0.6 is 19.8 Å². The van der Waals surface area contributed by atoms with Crippen LogP contribution in [0, 0.1) is 0 Å². The zero-order valence-electron chi connectivity index (χ0n) is 17.5. The summed E-state index contributed by atoms with van der Waals surface area (Å²) >= 11 is 5.60. The van der Waals surface area contributed by atoms with E-state index in [1.807, 2.05) is 29.8 Å². The van der Waals surface area contributed by atoms with E-state index in [1.54, 1.807) is 45.5 Å². The minimum Gasteiger partial charge on any atom is -0.496 e. The van der Waals surface area contributed by atoms with Gasteiger partial charge in [0.1, 0.15) is 11.3 Å². The molecule has 0 aliphatic carbocycles. The lowest BCUT2D eigenvalue weighted by molar-refractivity contribution is 0.230. The Labute approximate surface area is 181 Å². The number of fused-ring (bicyclic) bond motifs is 1. The zero-order chi connectivity index (χ0) is 21.7. The Hall–Kier alpha value is -2.25. The molecule has 0 atom stereocenters. The van der Waals surface area contributed by atoms with Crippen molar-refractivity contribution in [2.24, 2.45) is 7.05 Å². The number of nitrogens with zero attached hydrogens (tertiary/aromatic N) is 2. The van der Waals surface area contributed by atoms with Crippen molar-refractivity contribution in [3.63, 3.8) is 0 Å². The summed E-state index contributed by atoms with van der Waals surface area (Å²) in [7, 11) is 0.138. The molecular formula is C21H26N3O4PS. The van der Waals surface area contributed by atoms with Crippen molar-refractivity contribution in [1.29, 1.82) is 0 Å². The SMILES string of the molecule is CCOP(=O)(OCC)c1ccc(OC)c(CC(=S)Nc2cccc3c2ncn3C)c1. The molecule has 0 aliphatic rings. The molecule has 0 unspecified atom stereocenters. The normalized spacial score (nSPS) is 11.6. The molecule has 0 amide bonds. The van der Waals surface area contributed by atoms with Crippen molar-refractivity contribution in [3.05, 3.63) is 48.3 Å². The molecule has 0 spiro atoms. The lowest BCUT2D eigenvalue weighted by Crippen LogP contribution is -2.16. The van der Waals surface area contributed by atoms with Crippen molar-refractivity contribution in [3.8, 4) is 5.75 Å². The second-order valence-electron chi connectivity index (χ2n) is 6.58. The molecule has 1 aromatic heterocycles. The van der Waals surface area contributed by atoms with Crippen LogP contribution in [-0.4, -0.2) is 34.9 Å². The Kier molecular flexibility index (Phi) is 7.26. The largest absolute Gasteiger partial charge is 0.496 e. The minimum atomic E-state index is -3.40. The molecule has 1 N–H and O–H groups in total. The predicted octanol–water partition coefficient (Wildman–Crippen LogP) is 4.46. The van der Waals surface area contributed by atoms with Crippen LogP contribution in [0.15, 0.2) is 42.7 Å². The third kappa shape index (κ3) is 4.73. The maximum atomic E-state index is 13.1. The summed E-state index contributed by atoms with van der Waals surface area (Å²) in [5.74, 6) is 0.651. The Bertz CT molecular complexity index is 1090. The molecule has 0 radical (unpaired) electrons. The Balaban J connectivity index is 1.87. The Morgan fingerprint density at radius 2 is 1.93 bits per heavy atom. The molecular weight excluding hydrogens is 421 g/mol. The van der Waals surface area contributed by atoms with E-state index in [4.69, 9.17) is 26.0 Å². The first-order chi connectivity index (χ1) is 14.4. The number of aryl methyl sites for hydroxylation is 1. The van der Waals surface area contributed by atoms with Crippen LogP contribution in [0.1, 0.15) is 19.4 Å². The fourth-order valence-corrected chi connectivity index (χ4v) is 5.12. The van der Waals surface area contributed by atoms with Crippen LogP contribution in [-0.2, 0) is 27.1 Å². The van der Waals surface area contributed by atoms with E-state index in [0.717, 1.165) is 22.3 Å². The summed E-state index contributed by atoms with van der Waals surface area (Å²) < 4.78 is 31.5. The van der Waals surface area contributed by atoms with Gasteiger partial charge < -0.3 is 23.7 Å². The highest BCUT2D eigenvalue weighted by Crippen LogP contribution is 2.47. The van der Waals surface area contributed by atoms with Gasteiger partial charge in [-0.15, -0.1) is 0 Å². The number of rotatable bonds is 9. The van der Waals surface area contributed by atoms with Gasteiger partial charge in [0.25, 0.3) is 0 Å². The van der Waals surface area contributed by atoms with Crippen LogP contribution < -0.4 is 15.4 Å². The van der Waals surface area contributed by atoms with E-state index in [-0.39, 0.29) is 13.2 Å². The Morgan fingerprint density at radius 1 is 1.20 bits per heavy atom. The quantitative estimate of drug-likeness (QED) is 0.384. The van der Waals surface area contributed by atoms with Gasteiger partial charge in [-0.05, 0) is 44.2 Å². The first-order valence-electron chi connectivity index (χ1n) is 9.68. The van der Waals surface area contributed by atoms with Crippen molar-refractivity contribution < 1.29 is 18.3 Å². The molecule has 0 saturated heterocycles. The summed E-state index contributed by atoms with van der Waals surface area (Å²) in [6.45, 7) is 4.14. The van der Waals surface area contributed by atoms with Gasteiger partial charge in [0.15, 0.2) is 0 Å². The molecule has 9 heteroatoms. The minimum absolute atomic E-state index is 0.284. The molecule has 30 heavy (non-hydrogen) atoms. The van der Waals surface area contributed by atoms with E-state index >= 15 is 0 Å². The third-order valence-electron chi connectivity index (χ3n) is 4.56. The van der Waals surface area contributed by atoms with Gasteiger partial charge in [-0.25, -0.2) is 4.98 Å². The summed E-state index contributed by atoms with van der Waals surface area (Å²) in [5, 5.41) is 3.76. The second kappa shape index (κ2) is 9.71. The standard InChI is InChI=1S/C21H26N3O4PS/c1-5-27-29(25,28-6-2)16-10-11-19(26-4)15(12-16)13-20(30)23-17-8-7-9-18-21(17)22-14-24(18)3/h7-12,14H,5-6,13H2,1-4H3,(H,23,30). The molecule has 3 aromatic rings. The number of hydrogen-bond acceptors (Lipinski definition) is 6. The van der Waals surface area contributed by atoms with Gasteiger partial charge in [0.2, 0.25) is 0 Å². The zero-order valence-corrected chi connectivity index (χ0v) is 19.3. The van der Waals surface area contributed by atoms with Crippen molar-refractivity contribution in [1.82, 2.24) is 9.55 Å². The fraction of sp³-hybridized carbons (Fsp3) is 0.333. The molecule has 1 heterocycles. The van der Waals surface area contributed by atoms with Crippen LogP contribution in [0.2, 0.25) is 0 Å². The van der Waals surface area contributed by atoms with Gasteiger partial charge in [-0.3, -0.25) is 4.57 Å². The van der Waals surface area contributed by atoms with Crippen LogP contribution in [0.4, 0.5) is 5.69 Å². The van der Waals surface area contributed by atoms with E-state index in [0.29, 0.717) is 22.5 Å². The number of nitrogens with one attached hydrogen (secondary N) is 1. The van der Waals surface area contributed by atoms with Gasteiger partial charge in [-0.2, -0.15) is 0 Å². The topological polar surface area (TPSA) is 74.6 Å². The number of anilines is 1. The van der Waals surface area contributed by atoms with E-state index < -0.39 is 7.60 Å². The van der Waals surface area contributed by atoms with Gasteiger partial charge in [-0.1, -0.05) is 18.3 Å². The first kappa shape index (κ1) is 22.4. The lowest BCUT2D eigenvalue weighted by atomic mass is 10.1. The summed E-state index contributed by atoms with van der Waals surface area (Å²) in [4.78, 5) is 5.03. The highest BCUT2D eigenvalue weighted by atomic mass is 32.1. The molecule has 2 aromatic carbocycles. The number of aromatic nitrogens is 2. The van der Waals surface area contributed by atoms with Crippen LogP contribution in [0.5, 0.6) is 5.75 Å². The molecule has 3 rings (SSSR count). The maximum Gasteiger partial charge on any atom is 0.361 e. The molecule has 0 aliphatic heterocycles. The number of hydrogen-bond donors (Lipinski definition) is 1. The summed E-state index contributed by atoms with van der Waals surface area (Å²) in [5.41, 5.74) is 3.49. The summed E-state index contributed by atoms with van der Waals surface area (Å²) in [6.07, 6.45) is 2.16. The number of imidazole rings is 1. The predicted molar refractivity (Wildman–Crippen MR) is 124 cm³/mol.